The molecule has 0 aliphatic rings. The summed E-state index contributed by atoms with van der Waals surface area (Å²) in [5.74, 6) is -0.440. The van der Waals surface area contributed by atoms with Crippen LogP contribution in [-0.2, 0) is 9.53 Å². The van der Waals surface area contributed by atoms with Crippen molar-refractivity contribution in [1.82, 2.24) is 4.90 Å². The van der Waals surface area contributed by atoms with Crippen LogP contribution in [0.5, 0.6) is 0 Å². The Bertz CT molecular complexity index is 479. The molecule has 0 heterocycles. The Morgan fingerprint density at radius 2 is 2.11 bits per heavy atom. The molecule has 0 N–H and O–H groups in total. The molecule has 0 atom stereocenters. The number of hydrogen-bond donors (Lipinski definition) is 0. The molecular weight excluding hydrogens is 334 g/mol. The maximum Gasteiger partial charge on any atom is 0.305 e. The Kier molecular flexibility index (Phi) is 6.31. The zero-order valence-electron chi connectivity index (χ0n) is 10.8. The van der Waals surface area contributed by atoms with Gasteiger partial charge in [0.1, 0.15) is 0 Å². The predicted molar refractivity (Wildman–Crippen MR) is 77.4 cm³/mol. The standard InChI is InChI=1S/C13H15BrClNO3/c1-16(7-3-4-12(17)19-2)13(18)10-6-5-9(14)8-11(10)15/h5-6,8H,3-4,7H2,1-2H3. The molecule has 0 spiro atoms. The molecule has 0 saturated heterocycles. The van der Waals surface area contributed by atoms with Crippen LogP contribution in [-0.4, -0.2) is 37.5 Å². The number of nitrogens with zero attached hydrogens (tertiary/aromatic N) is 1. The quantitative estimate of drug-likeness (QED) is 0.768. The lowest BCUT2D eigenvalue weighted by Crippen LogP contribution is -2.28. The van der Waals surface area contributed by atoms with Crippen LogP contribution in [0.25, 0.3) is 0 Å². The van der Waals surface area contributed by atoms with Crippen LogP contribution in [0.2, 0.25) is 5.02 Å². The van der Waals surface area contributed by atoms with Crippen LogP contribution >= 0.6 is 27.5 Å². The summed E-state index contributed by atoms with van der Waals surface area (Å²) in [4.78, 5) is 24.6. The Balaban J connectivity index is 2.59. The number of rotatable bonds is 5. The topological polar surface area (TPSA) is 46.6 Å². The molecule has 1 amide bonds. The highest BCUT2D eigenvalue weighted by molar-refractivity contribution is 9.10. The number of benzene rings is 1. The third-order valence-corrected chi connectivity index (χ3v) is 3.42. The molecule has 1 aromatic carbocycles. The number of methoxy groups -OCH3 is 1. The van der Waals surface area contributed by atoms with E-state index in [2.05, 4.69) is 20.7 Å². The van der Waals surface area contributed by atoms with E-state index in [0.29, 0.717) is 30.0 Å². The smallest absolute Gasteiger partial charge is 0.305 e. The van der Waals surface area contributed by atoms with E-state index in [4.69, 9.17) is 11.6 Å². The van der Waals surface area contributed by atoms with E-state index >= 15 is 0 Å². The number of amides is 1. The first-order chi connectivity index (χ1) is 8.95. The SMILES string of the molecule is COC(=O)CCCN(C)C(=O)c1ccc(Br)cc1Cl. The van der Waals surface area contributed by atoms with Crippen molar-refractivity contribution in [3.63, 3.8) is 0 Å². The van der Waals surface area contributed by atoms with Gasteiger partial charge in [0.05, 0.1) is 17.7 Å². The Labute approximate surface area is 125 Å². The van der Waals surface area contributed by atoms with Crippen molar-refractivity contribution in [1.29, 1.82) is 0 Å². The van der Waals surface area contributed by atoms with Gasteiger partial charge in [-0.15, -0.1) is 0 Å². The summed E-state index contributed by atoms with van der Waals surface area (Å²) in [7, 11) is 3.02. The lowest BCUT2D eigenvalue weighted by atomic mass is 10.2. The van der Waals surface area contributed by atoms with Crippen LogP contribution < -0.4 is 0 Å². The fourth-order valence-corrected chi connectivity index (χ4v) is 2.29. The van der Waals surface area contributed by atoms with Crippen molar-refractivity contribution < 1.29 is 14.3 Å². The fraction of sp³-hybridized carbons (Fsp3) is 0.385. The van der Waals surface area contributed by atoms with E-state index in [9.17, 15) is 9.59 Å². The van der Waals surface area contributed by atoms with Gasteiger partial charge < -0.3 is 9.64 Å². The molecule has 0 radical (unpaired) electrons. The largest absolute Gasteiger partial charge is 0.469 e. The lowest BCUT2D eigenvalue weighted by molar-refractivity contribution is -0.140. The maximum absolute atomic E-state index is 12.1. The molecule has 0 aromatic heterocycles. The molecule has 0 fully saturated rings. The monoisotopic (exact) mass is 347 g/mol. The number of halogens is 2. The number of ether oxygens (including phenoxy) is 1. The van der Waals surface area contributed by atoms with Crippen molar-refractivity contribution in [2.75, 3.05) is 20.7 Å². The molecule has 0 unspecified atom stereocenters. The highest BCUT2D eigenvalue weighted by Gasteiger charge is 2.15. The molecule has 0 bridgehead atoms. The van der Waals surface area contributed by atoms with Crippen LogP contribution in [0, 0.1) is 0 Å². The lowest BCUT2D eigenvalue weighted by Gasteiger charge is -2.17. The van der Waals surface area contributed by atoms with Crippen LogP contribution in [0.4, 0.5) is 0 Å². The van der Waals surface area contributed by atoms with Gasteiger partial charge in [0.15, 0.2) is 0 Å². The van der Waals surface area contributed by atoms with Crippen molar-refractivity contribution in [2.45, 2.75) is 12.8 Å². The highest BCUT2D eigenvalue weighted by atomic mass is 79.9. The second-order valence-corrected chi connectivity index (χ2v) is 5.35. The number of carbonyl (C=O) groups is 2. The molecule has 6 heteroatoms. The van der Waals surface area contributed by atoms with Crippen LogP contribution in [0.15, 0.2) is 22.7 Å². The second-order valence-electron chi connectivity index (χ2n) is 4.03. The van der Waals surface area contributed by atoms with Gasteiger partial charge >= 0.3 is 5.97 Å². The zero-order chi connectivity index (χ0) is 14.4. The predicted octanol–water partition coefficient (Wildman–Crippen LogP) is 3.13. The highest BCUT2D eigenvalue weighted by Crippen LogP contribution is 2.22. The minimum atomic E-state index is -0.275. The van der Waals surface area contributed by atoms with E-state index in [1.54, 1.807) is 25.2 Å². The average molecular weight is 349 g/mol. The fourth-order valence-electron chi connectivity index (χ4n) is 1.53. The first-order valence-electron chi connectivity index (χ1n) is 5.73. The molecule has 0 aliphatic heterocycles. The maximum atomic E-state index is 12.1. The molecule has 4 nitrogen and oxygen atoms in total. The van der Waals surface area contributed by atoms with Gasteiger partial charge in [0, 0.05) is 24.5 Å². The summed E-state index contributed by atoms with van der Waals surface area (Å²) in [6.45, 7) is 0.473. The van der Waals surface area contributed by atoms with Gasteiger partial charge in [-0.05, 0) is 24.6 Å². The van der Waals surface area contributed by atoms with Crippen molar-refractivity contribution in [3.05, 3.63) is 33.3 Å². The van der Waals surface area contributed by atoms with Crippen LogP contribution in [0.1, 0.15) is 23.2 Å². The molecular formula is C13H15BrClNO3. The minimum Gasteiger partial charge on any atom is -0.469 e. The first kappa shape index (κ1) is 16.0. The van der Waals surface area contributed by atoms with Gasteiger partial charge in [-0.25, -0.2) is 0 Å². The summed E-state index contributed by atoms with van der Waals surface area (Å²) >= 11 is 9.31. The molecule has 0 aliphatic carbocycles. The van der Waals surface area contributed by atoms with E-state index in [-0.39, 0.29) is 11.9 Å². The summed E-state index contributed by atoms with van der Waals surface area (Å²) in [5.41, 5.74) is 0.449. The summed E-state index contributed by atoms with van der Waals surface area (Å²) in [5, 5.41) is 0.402. The normalized spacial score (nSPS) is 10.1. The van der Waals surface area contributed by atoms with Gasteiger partial charge in [0.25, 0.3) is 5.91 Å². The van der Waals surface area contributed by atoms with E-state index in [0.717, 1.165) is 4.47 Å². The van der Waals surface area contributed by atoms with Gasteiger partial charge in [-0.2, -0.15) is 0 Å². The molecule has 1 aromatic rings. The Morgan fingerprint density at radius 3 is 2.68 bits per heavy atom. The third kappa shape index (κ3) is 4.84. The van der Waals surface area contributed by atoms with Crippen molar-refractivity contribution in [2.24, 2.45) is 0 Å². The molecule has 0 saturated carbocycles. The Hall–Kier alpha value is -1.07. The molecule has 1 rings (SSSR count). The second kappa shape index (κ2) is 7.50. The van der Waals surface area contributed by atoms with E-state index in [1.165, 1.54) is 12.0 Å². The van der Waals surface area contributed by atoms with E-state index in [1.807, 2.05) is 0 Å². The minimum absolute atomic E-state index is 0.164. The zero-order valence-corrected chi connectivity index (χ0v) is 13.1. The van der Waals surface area contributed by atoms with Gasteiger partial charge in [0.2, 0.25) is 0 Å². The number of hydrogen-bond acceptors (Lipinski definition) is 3. The van der Waals surface area contributed by atoms with Crippen molar-refractivity contribution in [3.8, 4) is 0 Å². The van der Waals surface area contributed by atoms with Crippen molar-refractivity contribution >= 4 is 39.4 Å². The summed E-state index contributed by atoms with van der Waals surface area (Å²) in [6.07, 6.45) is 0.852. The third-order valence-electron chi connectivity index (χ3n) is 2.61. The summed E-state index contributed by atoms with van der Waals surface area (Å²) < 4.78 is 5.36. The number of esters is 1. The summed E-state index contributed by atoms with van der Waals surface area (Å²) in [6, 6.07) is 5.12. The van der Waals surface area contributed by atoms with Crippen LogP contribution in [0.3, 0.4) is 0 Å². The molecule has 19 heavy (non-hydrogen) atoms. The Morgan fingerprint density at radius 1 is 1.42 bits per heavy atom. The first-order valence-corrected chi connectivity index (χ1v) is 6.90. The van der Waals surface area contributed by atoms with E-state index < -0.39 is 0 Å². The molecule has 104 valence electrons. The van der Waals surface area contributed by atoms with Gasteiger partial charge in [-0.3, -0.25) is 9.59 Å². The number of carbonyl (C=O) groups excluding carboxylic acids is 2. The van der Waals surface area contributed by atoms with Gasteiger partial charge in [-0.1, -0.05) is 27.5 Å². The average Bonchev–Trinajstić information content (AvgIpc) is 2.37.